The molecule has 4 heteroatoms. The van der Waals surface area contributed by atoms with Crippen LogP contribution in [0.4, 0.5) is 0 Å². The fourth-order valence-electron chi connectivity index (χ4n) is 1.44. The van der Waals surface area contributed by atoms with Gasteiger partial charge in [-0.15, -0.1) is 36.3 Å². The summed E-state index contributed by atoms with van der Waals surface area (Å²) in [5.74, 6) is 1.98. The molecule has 3 rings (SSSR count). The Morgan fingerprint density at radius 2 is 1.70 bits per heavy atom. The minimum Gasteiger partial charge on any atom is -0.323 e. The molecule has 0 aliphatic heterocycles. The van der Waals surface area contributed by atoms with E-state index in [1.54, 1.807) is 6.20 Å². The first kappa shape index (κ1) is 27.1. The summed E-state index contributed by atoms with van der Waals surface area (Å²) in [6.45, 7) is 8.36. The van der Waals surface area contributed by atoms with E-state index in [2.05, 4.69) is 50.9 Å². The SMILES string of the molecule is CC1[C-]=CC=C1.C[C-](C)C.Cl.Cl.[Cr+3].[c-]1cccc2cccnc12. The molecule has 0 bridgehead atoms. The maximum absolute atomic E-state index is 4.13. The Morgan fingerprint density at radius 3 is 2.13 bits per heavy atom. The van der Waals surface area contributed by atoms with Gasteiger partial charge in [-0.05, 0) is 5.52 Å². The number of aromatic nitrogens is 1. The Kier molecular flexibility index (Phi) is 19.0. The van der Waals surface area contributed by atoms with Crippen molar-refractivity contribution in [1.29, 1.82) is 0 Å². The first-order chi connectivity index (χ1) is 9.59. The molecule has 125 valence electrons. The summed E-state index contributed by atoms with van der Waals surface area (Å²) in [5.41, 5.74) is 0.935. The van der Waals surface area contributed by atoms with Crippen LogP contribution in [0.1, 0.15) is 27.7 Å². The van der Waals surface area contributed by atoms with Crippen LogP contribution in [0, 0.1) is 24.0 Å². The number of allylic oxidation sites excluding steroid dienone is 4. The summed E-state index contributed by atoms with van der Waals surface area (Å²) in [6.07, 6.45) is 10.9. The van der Waals surface area contributed by atoms with E-state index in [-0.39, 0.29) is 42.2 Å². The van der Waals surface area contributed by atoms with Crippen molar-refractivity contribution in [2.45, 2.75) is 27.7 Å². The van der Waals surface area contributed by atoms with E-state index in [1.807, 2.05) is 42.5 Å². The van der Waals surface area contributed by atoms with Gasteiger partial charge in [0.05, 0.1) is 0 Å². The Hall–Kier alpha value is -0.778. The van der Waals surface area contributed by atoms with Gasteiger partial charge in [0.1, 0.15) is 0 Å². The van der Waals surface area contributed by atoms with Crippen LogP contribution in [-0.2, 0) is 17.4 Å². The fraction of sp³-hybridized carbons (Fsp3) is 0.263. The normalized spacial score (nSPS) is 13.5. The van der Waals surface area contributed by atoms with Crippen molar-refractivity contribution in [3.63, 3.8) is 0 Å². The number of para-hydroxylation sites is 1. The van der Waals surface area contributed by atoms with Crippen LogP contribution in [0.25, 0.3) is 10.9 Å². The molecule has 0 fully saturated rings. The molecule has 1 unspecified atom stereocenters. The molecule has 1 heterocycles. The predicted molar refractivity (Wildman–Crippen MR) is 101 cm³/mol. The van der Waals surface area contributed by atoms with Crippen molar-refractivity contribution < 1.29 is 17.4 Å². The summed E-state index contributed by atoms with van der Waals surface area (Å²) in [7, 11) is 0. The Balaban J connectivity index is -0.000000271. The zero-order valence-corrected chi connectivity index (χ0v) is 16.9. The van der Waals surface area contributed by atoms with E-state index in [4.69, 9.17) is 0 Å². The third-order valence-electron chi connectivity index (χ3n) is 2.29. The van der Waals surface area contributed by atoms with Crippen LogP contribution in [0.2, 0.25) is 0 Å². The van der Waals surface area contributed by atoms with Crippen LogP contribution in [-0.4, -0.2) is 4.98 Å². The fourth-order valence-corrected chi connectivity index (χ4v) is 1.44. The van der Waals surface area contributed by atoms with Gasteiger partial charge in [-0.3, -0.25) is 11.1 Å². The van der Waals surface area contributed by atoms with E-state index in [1.165, 1.54) is 5.92 Å². The maximum Gasteiger partial charge on any atom is 3.00 e. The molecule has 0 saturated heterocycles. The molecule has 1 atom stereocenters. The van der Waals surface area contributed by atoms with Crippen LogP contribution < -0.4 is 0 Å². The van der Waals surface area contributed by atoms with Crippen LogP contribution in [0.3, 0.4) is 0 Å². The molecule has 1 nitrogen and oxygen atoms in total. The number of fused-ring (bicyclic) bond motifs is 1. The minimum atomic E-state index is 0. The number of hydrogen-bond acceptors (Lipinski definition) is 1. The molecule has 1 aliphatic carbocycles. The molecule has 23 heavy (non-hydrogen) atoms. The van der Waals surface area contributed by atoms with Crippen molar-refractivity contribution in [2.24, 2.45) is 5.92 Å². The first-order valence-corrected chi connectivity index (χ1v) is 6.84. The largest absolute Gasteiger partial charge is 3.00 e. The molecule has 2 aromatic rings. The third kappa shape index (κ3) is 13.4. The number of rotatable bonds is 0. The molecule has 1 aromatic heterocycles. The van der Waals surface area contributed by atoms with E-state index >= 15 is 0 Å². The van der Waals surface area contributed by atoms with Gasteiger partial charge in [0.25, 0.3) is 0 Å². The van der Waals surface area contributed by atoms with Crippen molar-refractivity contribution in [3.05, 3.63) is 72.8 Å². The third-order valence-corrected chi connectivity index (χ3v) is 2.29. The summed E-state index contributed by atoms with van der Waals surface area (Å²) in [4.78, 5) is 4.13. The smallest absolute Gasteiger partial charge is 0.323 e. The molecule has 1 radical (unpaired) electrons. The average molecular weight is 389 g/mol. The first-order valence-electron chi connectivity index (χ1n) is 6.84. The van der Waals surface area contributed by atoms with Gasteiger partial charge in [-0.1, -0.05) is 18.9 Å². The number of hydrogen-bond donors (Lipinski definition) is 0. The summed E-state index contributed by atoms with van der Waals surface area (Å²) in [5, 5.41) is 1.14. The number of pyridine rings is 1. The topological polar surface area (TPSA) is 12.9 Å². The van der Waals surface area contributed by atoms with Crippen LogP contribution >= 0.6 is 24.8 Å². The molecule has 0 amide bonds. The van der Waals surface area contributed by atoms with Crippen molar-refractivity contribution in [2.75, 3.05) is 0 Å². The maximum atomic E-state index is 4.13. The van der Waals surface area contributed by atoms with Gasteiger partial charge < -0.3 is 5.92 Å². The summed E-state index contributed by atoms with van der Waals surface area (Å²) in [6, 6.07) is 12.9. The van der Waals surface area contributed by atoms with E-state index in [0.717, 1.165) is 10.9 Å². The zero-order chi connectivity index (χ0) is 14.8. The van der Waals surface area contributed by atoms with Gasteiger partial charge >= 0.3 is 17.4 Å². The second-order valence-electron chi connectivity index (χ2n) is 5.12. The monoisotopic (exact) mass is 388 g/mol. The minimum absolute atomic E-state index is 0. The predicted octanol–water partition coefficient (Wildman–Crippen LogP) is 6.05. The van der Waals surface area contributed by atoms with Gasteiger partial charge in [0, 0.05) is 6.20 Å². The number of benzene rings is 1. The Morgan fingerprint density at radius 1 is 1.09 bits per heavy atom. The number of halogens is 2. The van der Waals surface area contributed by atoms with Gasteiger partial charge in [0.2, 0.25) is 0 Å². The summed E-state index contributed by atoms with van der Waals surface area (Å²) >= 11 is 0. The molecule has 0 N–H and O–H groups in total. The van der Waals surface area contributed by atoms with Crippen molar-refractivity contribution in [3.8, 4) is 0 Å². The summed E-state index contributed by atoms with van der Waals surface area (Å²) < 4.78 is 0. The van der Waals surface area contributed by atoms with Crippen molar-refractivity contribution >= 4 is 35.7 Å². The second kappa shape index (κ2) is 16.1. The van der Waals surface area contributed by atoms with Gasteiger partial charge in [-0.2, -0.15) is 51.1 Å². The van der Waals surface area contributed by atoms with E-state index in [9.17, 15) is 0 Å². The molecular formula is C19H24Cl2CrN. The molecule has 0 saturated carbocycles. The van der Waals surface area contributed by atoms with Crippen LogP contribution in [0.15, 0.2) is 54.8 Å². The molecule has 1 aliphatic rings. The Bertz CT molecular complexity index is 488. The van der Waals surface area contributed by atoms with Crippen LogP contribution in [0.5, 0.6) is 0 Å². The van der Waals surface area contributed by atoms with Gasteiger partial charge in [-0.25, -0.2) is 12.2 Å². The Labute approximate surface area is 164 Å². The molecule has 0 spiro atoms. The van der Waals surface area contributed by atoms with Crippen molar-refractivity contribution in [1.82, 2.24) is 4.98 Å². The van der Waals surface area contributed by atoms with Gasteiger partial charge in [0.15, 0.2) is 0 Å². The molecule has 1 aromatic carbocycles. The zero-order valence-electron chi connectivity index (χ0n) is 13.9. The second-order valence-corrected chi connectivity index (χ2v) is 5.12. The quantitative estimate of drug-likeness (QED) is 0.500. The average Bonchev–Trinajstić information content (AvgIpc) is 2.90. The number of nitrogens with zero attached hydrogens (tertiary/aromatic N) is 1. The van der Waals surface area contributed by atoms with E-state index < -0.39 is 0 Å². The van der Waals surface area contributed by atoms with E-state index in [0.29, 0.717) is 5.92 Å². The molecular weight excluding hydrogens is 365 g/mol. The standard InChI is InChI=1S/C9H6N.C6H7.C4H9.2ClH.Cr/c1-2-6-9-8(4-1)5-3-7-10-9;1-6-4-2-3-5-6;1-4(2)3;;;/h1-5,7H;2-4,6H,1H3;1-3H3;2*1H;/q3*-1;;;+3.